The summed E-state index contributed by atoms with van der Waals surface area (Å²) in [5.74, 6) is -3.41. The van der Waals surface area contributed by atoms with E-state index in [2.05, 4.69) is 38.5 Å². The molecule has 0 spiro atoms. The zero-order chi connectivity index (χ0) is 34.4. The molecule has 9 N–H and O–H groups in total. The molecule has 1 aliphatic rings. The minimum absolute atomic E-state index is 0.0995. The molecule has 5 amide bonds. The van der Waals surface area contributed by atoms with Gasteiger partial charge in [-0.1, -0.05) is 31.4 Å². The van der Waals surface area contributed by atoms with Crippen LogP contribution >= 0.6 is 0 Å². The number of carbonyl (C=O) groups excluding carboxylic acids is 5. The average Bonchev–Trinajstić information content (AvgIpc) is 3.46. The monoisotopic (exact) mass is 656 g/mol. The third-order valence-electron chi connectivity index (χ3n) is 7.34. The van der Waals surface area contributed by atoms with Crippen LogP contribution in [0, 0.1) is 0 Å². The fourth-order valence-corrected chi connectivity index (χ4v) is 4.69. The van der Waals surface area contributed by atoms with Crippen LogP contribution in [0.15, 0.2) is 6.20 Å². The number of nitrogens with one attached hydrogen (secondary N) is 4. The molecular formula is C28H48N8O10. The number of aryl methyl sites for hydroxylation is 1. The van der Waals surface area contributed by atoms with Crippen molar-refractivity contribution in [2.75, 3.05) is 6.61 Å². The van der Waals surface area contributed by atoms with Gasteiger partial charge in [0.1, 0.15) is 48.2 Å². The lowest BCUT2D eigenvalue weighted by Crippen LogP contribution is -2.65. The molecule has 1 aliphatic heterocycles. The first-order valence-electron chi connectivity index (χ1n) is 15.4. The van der Waals surface area contributed by atoms with E-state index in [0.29, 0.717) is 5.69 Å². The highest BCUT2D eigenvalue weighted by Crippen LogP contribution is 2.23. The summed E-state index contributed by atoms with van der Waals surface area (Å²) in [6, 6.07) is -3.66. The van der Waals surface area contributed by atoms with Crippen LogP contribution in [-0.4, -0.2) is 115 Å². The summed E-state index contributed by atoms with van der Waals surface area (Å²) in [7, 11) is 0. The number of hydrogen-bond donors (Lipinski definition) is 8. The molecule has 1 saturated heterocycles. The average molecular weight is 657 g/mol. The standard InChI is InChI=1S/C28H48N8O10/c1-5-6-7-8-11-36-13-18(34-35-36)12-30-21(39)10-9-19(25(29)41)33-26(42)15(2)31-27(43)16(3)45-24-22(32-17(4)38)28(44)46-20(14-37)23(24)40/h13,15-16,19-20,22-24,28,37,40,44H,5-12,14H2,1-4H3,(H2,29,41)(H,30,39)(H,31,43)(H,32,38)(H,33,42)/t15-,16+,19+,20+,22+,23+,24+,28?/m0/s1. The van der Waals surface area contributed by atoms with Gasteiger partial charge in [0.05, 0.1) is 19.3 Å². The number of nitrogens with zero attached hydrogens (tertiary/aromatic N) is 3. The van der Waals surface area contributed by atoms with E-state index in [9.17, 15) is 39.3 Å². The van der Waals surface area contributed by atoms with Crippen molar-refractivity contribution in [2.45, 2.75) is 128 Å². The molecule has 0 aliphatic carbocycles. The lowest BCUT2D eigenvalue weighted by molar-refractivity contribution is -0.266. The third kappa shape index (κ3) is 12.2. The molecule has 0 aromatic carbocycles. The number of unbranched alkanes of at least 4 members (excludes halogenated alkanes) is 3. The fourth-order valence-electron chi connectivity index (χ4n) is 4.69. The Bertz CT molecular complexity index is 1170. The van der Waals surface area contributed by atoms with Gasteiger partial charge in [-0.25, -0.2) is 0 Å². The Morgan fingerprint density at radius 2 is 1.83 bits per heavy atom. The van der Waals surface area contributed by atoms with Gasteiger partial charge in [-0.15, -0.1) is 5.10 Å². The molecule has 0 radical (unpaired) electrons. The molecular weight excluding hydrogens is 608 g/mol. The van der Waals surface area contributed by atoms with Gasteiger partial charge >= 0.3 is 0 Å². The van der Waals surface area contributed by atoms with Crippen LogP contribution in [0.1, 0.15) is 71.9 Å². The summed E-state index contributed by atoms with van der Waals surface area (Å²) in [6.07, 6.45) is -1.21. The van der Waals surface area contributed by atoms with Gasteiger partial charge in [-0.05, 0) is 26.7 Å². The Hall–Kier alpha value is -3.71. The molecule has 0 bridgehead atoms. The van der Waals surface area contributed by atoms with Gasteiger partial charge in [0.15, 0.2) is 6.29 Å². The largest absolute Gasteiger partial charge is 0.394 e. The fraction of sp³-hybridized carbons (Fsp3) is 0.750. The molecule has 2 rings (SSSR count). The highest BCUT2D eigenvalue weighted by Gasteiger charge is 2.47. The highest BCUT2D eigenvalue weighted by atomic mass is 16.6. The van der Waals surface area contributed by atoms with Gasteiger partial charge < -0.3 is 51.8 Å². The first kappa shape index (κ1) is 38.5. The summed E-state index contributed by atoms with van der Waals surface area (Å²) in [6.45, 7) is 6.16. The molecule has 1 unspecified atom stereocenters. The zero-order valence-electron chi connectivity index (χ0n) is 26.7. The molecule has 2 heterocycles. The lowest BCUT2D eigenvalue weighted by Gasteiger charge is -2.43. The summed E-state index contributed by atoms with van der Waals surface area (Å²) >= 11 is 0. The van der Waals surface area contributed by atoms with E-state index in [0.717, 1.165) is 32.2 Å². The van der Waals surface area contributed by atoms with Crippen LogP contribution in [0.25, 0.3) is 0 Å². The second-order valence-electron chi connectivity index (χ2n) is 11.3. The normalized spacial score (nSPS) is 23.1. The second kappa shape index (κ2) is 19.1. The highest BCUT2D eigenvalue weighted by molar-refractivity contribution is 5.92. The van der Waals surface area contributed by atoms with Crippen LogP contribution in [0.2, 0.25) is 0 Å². The number of amides is 5. The molecule has 260 valence electrons. The second-order valence-corrected chi connectivity index (χ2v) is 11.3. The molecule has 0 saturated carbocycles. The molecule has 1 fully saturated rings. The number of aromatic nitrogens is 3. The molecule has 1 aromatic rings. The maximum absolute atomic E-state index is 12.8. The maximum atomic E-state index is 12.8. The van der Waals surface area contributed by atoms with E-state index in [4.69, 9.17) is 15.2 Å². The molecule has 8 atom stereocenters. The predicted molar refractivity (Wildman–Crippen MR) is 160 cm³/mol. The summed E-state index contributed by atoms with van der Waals surface area (Å²) in [4.78, 5) is 61.6. The minimum atomic E-state index is -1.65. The van der Waals surface area contributed by atoms with Crippen LogP contribution in [0.3, 0.4) is 0 Å². The maximum Gasteiger partial charge on any atom is 0.249 e. The van der Waals surface area contributed by atoms with Crippen molar-refractivity contribution in [3.63, 3.8) is 0 Å². The van der Waals surface area contributed by atoms with E-state index in [1.807, 2.05) is 0 Å². The van der Waals surface area contributed by atoms with Crippen molar-refractivity contribution < 1.29 is 48.8 Å². The van der Waals surface area contributed by atoms with Crippen LogP contribution in [0.4, 0.5) is 0 Å². The number of hydrogen-bond acceptors (Lipinski definition) is 12. The quantitative estimate of drug-likeness (QED) is 0.0696. The molecule has 1 aromatic heterocycles. The first-order chi connectivity index (χ1) is 21.8. The van der Waals surface area contributed by atoms with Crippen molar-refractivity contribution >= 4 is 29.5 Å². The van der Waals surface area contributed by atoms with Gasteiger partial charge in [0.25, 0.3) is 0 Å². The summed E-state index contributed by atoms with van der Waals surface area (Å²) in [5.41, 5.74) is 6.01. The number of aliphatic hydroxyl groups excluding tert-OH is 3. The zero-order valence-corrected chi connectivity index (χ0v) is 26.7. The SMILES string of the molecule is CCCCCCn1cc(CNC(=O)CC[C@@H](NC(=O)[C@H](C)NC(=O)[C@@H](C)O[C@H]2[C@H](O)[C@@H](CO)OC(O)[C@@H]2NC(C)=O)C(N)=O)nn1. The van der Waals surface area contributed by atoms with Crippen LogP contribution in [0.5, 0.6) is 0 Å². The first-order valence-corrected chi connectivity index (χ1v) is 15.4. The summed E-state index contributed by atoms with van der Waals surface area (Å²) < 4.78 is 12.5. The topological polar surface area (TPSA) is 269 Å². The third-order valence-corrected chi connectivity index (χ3v) is 7.34. The van der Waals surface area contributed by atoms with Gasteiger partial charge in [0.2, 0.25) is 29.5 Å². The smallest absolute Gasteiger partial charge is 0.249 e. The van der Waals surface area contributed by atoms with Gasteiger partial charge in [-0.2, -0.15) is 0 Å². The van der Waals surface area contributed by atoms with Crippen molar-refractivity contribution in [2.24, 2.45) is 5.73 Å². The number of nitrogens with two attached hydrogens (primary N) is 1. The van der Waals surface area contributed by atoms with Crippen molar-refractivity contribution in [1.82, 2.24) is 36.3 Å². The van der Waals surface area contributed by atoms with Crippen LogP contribution in [-0.2, 0) is 46.5 Å². The lowest BCUT2D eigenvalue weighted by atomic mass is 9.96. The van der Waals surface area contributed by atoms with E-state index in [1.54, 1.807) is 10.9 Å². The van der Waals surface area contributed by atoms with Gasteiger partial charge in [-0.3, -0.25) is 28.7 Å². The number of rotatable bonds is 19. The molecule has 18 nitrogen and oxygen atoms in total. The van der Waals surface area contributed by atoms with E-state index >= 15 is 0 Å². The van der Waals surface area contributed by atoms with E-state index in [1.165, 1.54) is 20.8 Å². The Morgan fingerprint density at radius 1 is 1.11 bits per heavy atom. The number of ether oxygens (including phenoxy) is 2. The molecule has 46 heavy (non-hydrogen) atoms. The Morgan fingerprint density at radius 3 is 2.46 bits per heavy atom. The van der Waals surface area contributed by atoms with E-state index in [-0.39, 0.29) is 19.4 Å². The Kier molecular flexibility index (Phi) is 15.9. The van der Waals surface area contributed by atoms with Gasteiger partial charge in [0, 0.05) is 19.9 Å². The Balaban J connectivity index is 1.85. The number of carbonyl (C=O) groups is 5. The van der Waals surface area contributed by atoms with Crippen molar-refractivity contribution in [3.05, 3.63) is 11.9 Å². The van der Waals surface area contributed by atoms with Crippen LogP contribution < -0.4 is 27.0 Å². The van der Waals surface area contributed by atoms with Crippen molar-refractivity contribution in [1.29, 1.82) is 0 Å². The molecule has 18 heteroatoms. The number of aliphatic hydroxyl groups is 3. The Labute approximate surface area is 267 Å². The summed E-state index contributed by atoms with van der Waals surface area (Å²) in [5, 5.41) is 48.2. The van der Waals surface area contributed by atoms with Crippen molar-refractivity contribution in [3.8, 4) is 0 Å². The minimum Gasteiger partial charge on any atom is -0.394 e. The number of primary amides is 1. The predicted octanol–water partition coefficient (Wildman–Crippen LogP) is -2.92. The van der Waals surface area contributed by atoms with E-state index < -0.39 is 85.0 Å².